The first-order chi connectivity index (χ1) is 7.12. The van der Waals surface area contributed by atoms with Gasteiger partial charge in [-0.3, -0.25) is 0 Å². The molecule has 3 heteroatoms. The van der Waals surface area contributed by atoms with Crippen LogP contribution in [0.25, 0.3) is 0 Å². The summed E-state index contributed by atoms with van der Waals surface area (Å²) in [6.45, 7) is 0. The fourth-order valence-corrected chi connectivity index (χ4v) is 3.82. The van der Waals surface area contributed by atoms with E-state index in [-0.39, 0.29) is 9.87 Å². The van der Waals surface area contributed by atoms with Gasteiger partial charge in [0.25, 0.3) is 0 Å². The molecule has 0 spiro atoms. The van der Waals surface area contributed by atoms with Gasteiger partial charge in [0.05, 0.1) is 0 Å². The summed E-state index contributed by atoms with van der Waals surface area (Å²) in [6, 6.07) is 0. The highest BCUT2D eigenvalue weighted by atomic mass is 32.1. The summed E-state index contributed by atoms with van der Waals surface area (Å²) < 4.78 is 6.24. The molecule has 0 aliphatic heterocycles. The Bertz CT molecular complexity index is 184. The third-order valence-electron chi connectivity index (χ3n) is 3.65. The van der Waals surface area contributed by atoms with Crippen molar-refractivity contribution in [1.29, 1.82) is 0 Å². The Morgan fingerprint density at radius 3 is 1.27 bits per heavy atom. The summed E-state index contributed by atoms with van der Waals surface area (Å²) in [6.07, 6.45) is 12.1. The zero-order valence-corrected chi connectivity index (χ0v) is 11.2. The van der Waals surface area contributed by atoms with Gasteiger partial charge in [-0.05, 0) is 51.4 Å². The molecule has 0 aromatic rings. The van der Waals surface area contributed by atoms with E-state index in [1.165, 1.54) is 38.5 Å². The molecule has 2 aliphatic rings. The summed E-state index contributed by atoms with van der Waals surface area (Å²) in [5, 5.41) is 0. The van der Waals surface area contributed by atoms with Crippen molar-refractivity contribution in [1.82, 2.24) is 0 Å². The average molecular weight is 246 g/mol. The van der Waals surface area contributed by atoms with Gasteiger partial charge in [0, 0.05) is 0 Å². The number of hydrogen-bond acceptors (Lipinski definition) is 3. The fourth-order valence-electron chi connectivity index (χ4n) is 2.77. The second kappa shape index (κ2) is 4.89. The number of rotatable bonds is 2. The highest BCUT2D eigenvalue weighted by Gasteiger charge is 2.39. The minimum Gasteiger partial charge on any atom is -0.348 e. The van der Waals surface area contributed by atoms with E-state index in [9.17, 15) is 0 Å². The predicted octanol–water partition coefficient (Wildman–Crippen LogP) is 4.18. The third kappa shape index (κ3) is 3.31. The third-order valence-corrected chi connectivity index (χ3v) is 4.73. The molecule has 0 N–H and O–H groups in total. The van der Waals surface area contributed by atoms with Gasteiger partial charge in [-0.15, -0.1) is 25.3 Å². The highest BCUT2D eigenvalue weighted by molar-refractivity contribution is 7.82. The summed E-state index contributed by atoms with van der Waals surface area (Å²) in [5.41, 5.74) is 0. The lowest BCUT2D eigenvalue weighted by Crippen LogP contribution is -2.40. The minimum absolute atomic E-state index is 0.183. The maximum absolute atomic E-state index is 6.24. The van der Waals surface area contributed by atoms with E-state index in [1.807, 2.05) is 0 Å². The minimum atomic E-state index is -0.183. The summed E-state index contributed by atoms with van der Waals surface area (Å²) in [7, 11) is 0. The lowest BCUT2D eigenvalue weighted by molar-refractivity contribution is -0.0855. The Kier molecular flexibility index (Phi) is 3.95. The molecule has 0 aromatic carbocycles. The van der Waals surface area contributed by atoms with E-state index in [0.29, 0.717) is 0 Å². The van der Waals surface area contributed by atoms with Crippen LogP contribution in [-0.2, 0) is 4.74 Å². The monoisotopic (exact) mass is 246 g/mol. The van der Waals surface area contributed by atoms with Crippen molar-refractivity contribution in [3.63, 3.8) is 0 Å². The molecule has 0 bridgehead atoms. The van der Waals surface area contributed by atoms with Crippen molar-refractivity contribution in [2.24, 2.45) is 0 Å². The topological polar surface area (TPSA) is 9.23 Å². The largest absolute Gasteiger partial charge is 0.348 e. The van der Waals surface area contributed by atoms with Crippen LogP contribution in [0.4, 0.5) is 0 Å². The van der Waals surface area contributed by atoms with Gasteiger partial charge in [-0.25, -0.2) is 0 Å². The molecule has 2 fully saturated rings. The molecule has 2 rings (SSSR count). The normalized spacial score (nSPS) is 30.0. The van der Waals surface area contributed by atoms with Crippen molar-refractivity contribution in [2.45, 2.75) is 74.1 Å². The molecule has 0 radical (unpaired) electrons. The SMILES string of the molecule is SC1(OC2(S)CCCCC2)CCCCC1. The first-order valence-electron chi connectivity index (χ1n) is 6.27. The van der Waals surface area contributed by atoms with Gasteiger partial charge in [-0.1, -0.05) is 12.8 Å². The van der Waals surface area contributed by atoms with Crippen LogP contribution in [0, 0.1) is 0 Å². The molecule has 0 heterocycles. The smallest absolute Gasteiger partial charge is 0.112 e. The molecule has 0 saturated heterocycles. The number of hydrogen-bond donors (Lipinski definition) is 2. The summed E-state index contributed by atoms with van der Waals surface area (Å²) >= 11 is 9.49. The highest BCUT2D eigenvalue weighted by Crippen LogP contribution is 2.44. The van der Waals surface area contributed by atoms with Crippen molar-refractivity contribution >= 4 is 25.3 Å². The van der Waals surface area contributed by atoms with Crippen molar-refractivity contribution in [2.75, 3.05) is 0 Å². The maximum Gasteiger partial charge on any atom is 0.112 e. The molecular weight excluding hydrogens is 224 g/mol. The quantitative estimate of drug-likeness (QED) is 0.549. The van der Waals surface area contributed by atoms with Gasteiger partial charge < -0.3 is 4.74 Å². The standard InChI is InChI=1S/C12H22OS2/c14-11(7-3-1-4-8-11)13-12(15)9-5-2-6-10-12/h14-15H,1-10H2. The first kappa shape index (κ1) is 12.1. The van der Waals surface area contributed by atoms with Crippen LogP contribution >= 0.6 is 25.3 Å². The lowest BCUT2D eigenvalue weighted by atomic mass is 9.94. The van der Waals surface area contributed by atoms with E-state index in [1.54, 1.807) is 0 Å². The average Bonchev–Trinajstić information content (AvgIpc) is 2.18. The summed E-state index contributed by atoms with van der Waals surface area (Å²) in [5.74, 6) is 0. The second-order valence-corrected chi connectivity index (χ2v) is 6.75. The van der Waals surface area contributed by atoms with Crippen LogP contribution in [0.2, 0.25) is 0 Å². The van der Waals surface area contributed by atoms with Crippen molar-refractivity contribution in [3.05, 3.63) is 0 Å². The molecule has 88 valence electrons. The van der Waals surface area contributed by atoms with Gasteiger partial charge in [0.1, 0.15) is 9.87 Å². The molecular formula is C12H22OS2. The molecule has 0 aromatic heterocycles. The van der Waals surface area contributed by atoms with Crippen LogP contribution in [0.3, 0.4) is 0 Å². The van der Waals surface area contributed by atoms with Gasteiger partial charge in [0.15, 0.2) is 0 Å². The number of thiol groups is 2. The molecule has 0 atom stereocenters. The van der Waals surface area contributed by atoms with Crippen molar-refractivity contribution in [3.8, 4) is 0 Å². The lowest BCUT2D eigenvalue weighted by Gasteiger charge is -2.42. The Balaban J connectivity index is 1.93. The van der Waals surface area contributed by atoms with Crippen LogP contribution in [0.5, 0.6) is 0 Å². The summed E-state index contributed by atoms with van der Waals surface area (Å²) in [4.78, 5) is -0.366. The fraction of sp³-hybridized carbons (Fsp3) is 1.00. The molecule has 15 heavy (non-hydrogen) atoms. The van der Waals surface area contributed by atoms with Gasteiger partial charge in [0.2, 0.25) is 0 Å². The predicted molar refractivity (Wildman–Crippen MR) is 70.7 cm³/mol. The molecule has 2 saturated carbocycles. The molecule has 0 unspecified atom stereocenters. The van der Waals surface area contributed by atoms with Crippen LogP contribution in [0.15, 0.2) is 0 Å². The van der Waals surface area contributed by atoms with E-state index in [0.717, 1.165) is 25.7 Å². The van der Waals surface area contributed by atoms with E-state index in [2.05, 4.69) is 0 Å². The van der Waals surface area contributed by atoms with Crippen molar-refractivity contribution < 1.29 is 4.74 Å². The van der Waals surface area contributed by atoms with Crippen LogP contribution in [-0.4, -0.2) is 9.87 Å². The van der Waals surface area contributed by atoms with Crippen LogP contribution < -0.4 is 0 Å². The zero-order chi connectivity index (χ0) is 10.8. The number of ether oxygens (including phenoxy) is 1. The van der Waals surface area contributed by atoms with Crippen LogP contribution in [0.1, 0.15) is 64.2 Å². The zero-order valence-electron chi connectivity index (χ0n) is 9.37. The van der Waals surface area contributed by atoms with E-state index < -0.39 is 0 Å². The van der Waals surface area contributed by atoms with E-state index in [4.69, 9.17) is 30.0 Å². The van der Waals surface area contributed by atoms with Gasteiger partial charge >= 0.3 is 0 Å². The first-order valence-corrected chi connectivity index (χ1v) is 7.16. The molecule has 2 aliphatic carbocycles. The Morgan fingerprint density at radius 1 is 0.600 bits per heavy atom. The Labute approximate surface area is 104 Å². The Hall–Kier alpha value is 0.660. The molecule has 0 amide bonds. The Morgan fingerprint density at radius 2 is 0.933 bits per heavy atom. The van der Waals surface area contributed by atoms with Gasteiger partial charge in [-0.2, -0.15) is 0 Å². The second-order valence-electron chi connectivity index (χ2n) is 5.12. The molecule has 1 nitrogen and oxygen atoms in total. The van der Waals surface area contributed by atoms with E-state index >= 15 is 0 Å². The maximum atomic E-state index is 6.24.